The van der Waals surface area contributed by atoms with Crippen LogP contribution in [0.25, 0.3) is 0 Å². The summed E-state index contributed by atoms with van der Waals surface area (Å²) in [5, 5.41) is 1.05. The van der Waals surface area contributed by atoms with E-state index in [0.717, 1.165) is 44.0 Å². The van der Waals surface area contributed by atoms with E-state index >= 15 is 0 Å². The molecule has 0 spiro atoms. The van der Waals surface area contributed by atoms with Crippen molar-refractivity contribution in [2.75, 3.05) is 57.4 Å². The van der Waals surface area contributed by atoms with E-state index in [1.807, 2.05) is 29.0 Å². The highest BCUT2D eigenvalue weighted by Crippen LogP contribution is 2.40. The zero-order valence-electron chi connectivity index (χ0n) is 21.7. The third-order valence-electron chi connectivity index (χ3n) is 6.61. The molecule has 2 aliphatic rings. The van der Waals surface area contributed by atoms with Gasteiger partial charge in [-0.3, -0.25) is 4.90 Å². The van der Waals surface area contributed by atoms with Gasteiger partial charge in [0.1, 0.15) is 18.5 Å². The number of benzene rings is 2. The van der Waals surface area contributed by atoms with Gasteiger partial charge < -0.3 is 29.4 Å². The second-order valence-corrected chi connectivity index (χ2v) is 9.93. The molecule has 0 radical (unpaired) electrons. The fourth-order valence-corrected chi connectivity index (χ4v) is 5.28. The first kappa shape index (κ1) is 36.9. The van der Waals surface area contributed by atoms with E-state index in [1.54, 1.807) is 24.7 Å². The van der Waals surface area contributed by atoms with E-state index < -0.39 is 5.79 Å². The van der Waals surface area contributed by atoms with Crippen molar-refractivity contribution in [3.05, 3.63) is 76.8 Å². The number of piperazine rings is 1. The molecule has 0 aliphatic carbocycles. The van der Waals surface area contributed by atoms with Crippen LogP contribution in [-0.4, -0.2) is 73.0 Å². The molecule has 3 heterocycles. The third kappa shape index (κ3) is 8.91. The van der Waals surface area contributed by atoms with Crippen LogP contribution in [0.15, 0.2) is 61.2 Å². The maximum Gasteiger partial charge on any atom is 0.215 e. The molecule has 0 bridgehead atoms. The molecule has 2 aromatic carbocycles. The Balaban J connectivity index is 0.00000200. The number of hydrogen-bond donors (Lipinski definition) is 1. The molecule has 3 aromatic rings. The number of aromatic nitrogens is 2. The fourth-order valence-electron chi connectivity index (χ4n) is 4.73. The molecule has 0 saturated carbocycles. The topological polar surface area (TPSA) is 78.0 Å². The van der Waals surface area contributed by atoms with Crippen molar-refractivity contribution in [2.24, 2.45) is 5.73 Å². The molecule has 1 aromatic heterocycles. The number of halogens is 6. The van der Waals surface area contributed by atoms with Crippen molar-refractivity contribution in [1.82, 2.24) is 14.5 Å². The normalized spacial score (nSPS) is 20.5. The highest BCUT2D eigenvalue weighted by molar-refractivity contribution is 6.35. The second kappa shape index (κ2) is 17.1. The lowest BCUT2D eigenvalue weighted by Gasteiger charge is -2.36. The maximum atomic E-state index is 6.55. The Bertz CT molecular complexity index is 1140. The van der Waals surface area contributed by atoms with Crippen LogP contribution >= 0.6 is 72.8 Å². The molecule has 0 amide bonds. The minimum absolute atomic E-state index is 0. The number of imidazole rings is 1. The Kier molecular flexibility index (Phi) is 15.7. The average molecular weight is 678 g/mol. The molecule has 40 heavy (non-hydrogen) atoms. The minimum atomic E-state index is -1.06. The summed E-state index contributed by atoms with van der Waals surface area (Å²) in [5.41, 5.74) is 7.61. The monoisotopic (exact) mass is 675 g/mol. The second-order valence-electron chi connectivity index (χ2n) is 9.09. The number of ether oxygens (including phenoxy) is 3. The molecule has 8 nitrogen and oxygen atoms in total. The van der Waals surface area contributed by atoms with Crippen LogP contribution in [0.1, 0.15) is 5.56 Å². The van der Waals surface area contributed by atoms with Gasteiger partial charge in [0.25, 0.3) is 0 Å². The molecule has 14 heteroatoms. The fraction of sp³-hybridized carbons (Fsp3) is 0.423. The lowest BCUT2D eigenvalue weighted by molar-refractivity contribution is -0.189. The predicted octanol–water partition coefficient (Wildman–Crippen LogP) is 5.31. The maximum absolute atomic E-state index is 6.55. The zero-order chi connectivity index (χ0) is 25.0. The van der Waals surface area contributed by atoms with E-state index in [-0.39, 0.29) is 55.7 Å². The van der Waals surface area contributed by atoms with Crippen molar-refractivity contribution in [2.45, 2.75) is 18.4 Å². The summed E-state index contributed by atoms with van der Waals surface area (Å²) in [7, 11) is 0. The van der Waals surface area contributed by atoms with E-state index in [1.165, 1.54) is 5.69 Å². The molecular formula is C26H35Cl6N5O3. The van der Waals surface area contributed by atoms with Crippen molar-refractivity contribution >= 4 is 78.5 Å². The Morgan fingerprint density at radius 3 is 2.35 bits per heavy atom. The molecule has 0 unspecified atom stereocenters. The van der Waals surface area contributed by atoms with Gasteiger partial charge in [-0.05, 0) is 36.4 Å². The number of nitrogens with two attached hydrogens (primary N) is 1. The molecule has 5 rings (SSSR count). The van der Waals surface area contributed by atoms with Gasteiger partial charge in [-0.2, -0.15) is 0 Å². The number of anilines is 1. The number of nitrogens with zero attached hydrogens (tertiary/aromatic N) is 4. The van der Waals surface area contributed by atoms with E-state index in [2.05, 4.69) is 26.9 Å². The molecule has 224 valence electrons. The molecule has 2 fully saturated rings. The first-order valence-corrected chi connectivity index (χ1v) is 12.9. The summed E-state index contributed by atoms with van der Waals surface area (Å²) in [6.07, 6.45) is 5.04. The van der Waals surface area contributed by atoms with Crippen LogP contribution in [0.2, 0.25) is 10.0 Å². The van der Waals surface area contributed by atoms with Crippen molar-refractivity contribution < 1.29 is 14.2 Å². The number of hydrogen-bond acceptors (Lipinski definition) is 7. The highest BCUT2D eigenvalue weighted by atomic mass is 35.5. The molecule has 2 atom stereocenters. The van der Waals surface area contributed by atoms with Crippen LogP contribution in [-0.2, 0) is 21.8 Å². The molecule has 2 saturated heterocycles. The van der Waals surface area contributed by atoms with Gasteiger partial charge >= 0.3 is 0 Å². The van der Waals surface area contributed by atoms with Crippen molar-refractivity contribution in [1.29, 1.82) is 0 Å². The van der Waals surface area contributed by atoms with Gasteiger partial charge in [-0.1, -0.05) is 29.3 Å². The van der Waals surface area contributed by atoms with E-state index in [9.17, 15) is 0 Å². The summed E-state index contributed by atoms with van der Waals surface area (Å²) in [4.78, 5) is 8.93. The lowest BCUT2D eigenvalue weighted by Crippen LogP contribution is -2.47. The first-order chi connectivity index (χ1) is 17.5. The Hall–Kier alpha value is -1.17. The first-order valence-electron chi connectivity index (χ1n) is 12.2. The quantitative estimate of drug-likeness (QED) is 0.329. The van der Waals surface area contributed by atoms with Crippen LogP contribution in [0.5, 0.6) is 5.75 Å². The SMILES string of the molecule is Cl.Cl.Cl.Cl.NCCN1CCN(c2ccc(OC[C@@H]3CO[C@@](Cn4ccnc4)(c4ccc(Cl)cc4Cl)O3)cc2)CC1. The summed E-state index contributed by atoms with van der Waals surface area (Å²) in [6.45, 7) is 6.87. The van der Waals surface area contributed by atoms with Crippen LogP contribution in [0.3, 0.4) is 0 Å². The van der Waals surface area contributed by atoms with E-state index in [0.29, 0.717) is 36.3 Å². The summed E-state index contributed by atoms with van der Waals surface area (Å²) < 4.78 is 20.7. The van der Waals surface area contributed by atoms with Gasteiger partial charge in [0.2, 0.25) is 5.79 Å². The standard InChI is InChI=1S/C26H31Cl2N5O3.4ClH/c27-20-1-6-24(25(28)15-20)26(18-32-10-8-30-19-32)35-17-23(36-26)16-34-22-4-2-21(3-5-22)33-13-11-31(9-7-29)12-14-33;;;;/h1-6,8,10,15,19,23H,7,9,11-14,16-18,29H2;4*1H/t23-,26-;;;;/m1..../s1. The van der Waals surface area contributed by atoms with Gasteiger partial charge in [-0.25, -0.2) is 4.98 Å². The van der Waals surface area contributed by atoms with Gasteiger partial charge in [0, 0.05) is 67.9 Å². The summed E-state index contributed by atoms with van der Waals surface area (Å²) >= 11 is 12.7. The Labute approximate surface area is 270 Å². The molecule has 2 aliphatic heterocycles. The smallest absolute Gasteiger partial charge is 0.215 e. The van der Waals surface area contributed by atoms with Crippen LogP contribution in [0.4, 0.5) is 5.69 Å². The van der Waals surface area contributed by atoms with Crippen LogP contribution < -0.4 is 15.4 Å². The largest absolute Gasteiger partial charge is 0.491 e. The Morgan fingerprint density at radius 1 is 1.00 bits per heavy atom. The third-order valence-corrected chi connectivity index (χ3v) is 7.15. The summed E-state index contributed by atoms with van der Waals surface area (Å²) in [6, 6.07) is 13.6. The van der Waals surface area contributed by atoms with Gasteiger partial charge in [0.15, 0.2) is 0 Å². The number of rotatable bonds is 9. The van der Waals surface area contributed by atoms with Crippen molar-refractivity contribution in [3.8, 4) is 5.75 Å². The lowest BCUT2D eigenvalue weighted by atomic mass is 10.1. The van der Waals surface area contributed by atoms with Gasteiger partial charge in [0.05, 0.1) is 24.5 Å². The minimum Gasteiger partial charge on any atom is -0.491 e. The zero-order valence-corrected chi connectivity index (χ0v) is 26.5. The molecular weight excluding hydrogens is 643 g/mol. The van der Waals surface area contributed by atoms with Crippen molar-refractivity contribution in [3.63, 3.8) is 0 Å². The molecule has 2 N–H and O–H groups in total. The van der Waals surface area contributed by atoms with E-state index in [4.69, 9.17) is 43.1 Å². The highest BCUT2D eigenvalue weighted by Gasteiger charge is 2.45. The summed E-state index contributed by atoms with van der Waals surface area (Å²) in [5.74, 6) is -0.271. The Morgan fingerprint density at radius 2 is 1.73 bits per heavy atom. The van der Waals surface area contributed by atoms with Crippen LogP contribution in [0, 0.1) is 0 Å². The van der Waals surface area contributed by atoms with Gasteiger partial charge in [-0.15, -0.1) is 49.6 Å². The average Bonchev–Trinajstić information content (AvgIpc) is 3.54. The predicted molar refractivity (Wildman–Crippen MR) is 170 cm³/mol.